The predicted octanol–water partition coefficient (Wildman–Crippen LogP) is 3.21. The molecule has 0 amide bonds. The number of carbonyl (C=O) groups is 1. The number of rotatable bonds is 5. The largest absolute Gasteiger partial charge is 0.487 e. The quantitative estimate of drug-likeness (QED) is 0.890. The maximum atomic E-state index is 11.0. The number of halogens is 1. The highest BCUT2D eigenvalue weighted by molar-refractivity contribution is 6.32. The molecule has 0 aliphatic heterocycles. The molecule has 110 valence electrons. The summed E-state index contributed by atoms with van der Waals surface area (Å²) in [6.45, 7) is 1.56. The van der Waals surface area contributed by atoms with Gasteiger partial charge in [0.1, 0.15) is 12.4 Å². The standard InChI is InChI=1S/C16H15ClO4/c1-16(20,15(18)19)12-7-8-14(13(17)9-12)21-10-11-5-3-2-4-6-11/h2-9,20H,10H2,1H3,(H,18,19). The summed E-state index contributed by atoms with van der Waals surface area (Å²) in [5, 5.41) is 19.1. The number of benzene rings is 2. The normalized spacial score (nSPS) is 13.5. The molecule has 0 saturated carbocycles. The number of aliphatic carboxylic acids is 1. The van der Waals surface area contributed by atoms with E-state index in [4.69, 9.17) is 21.4 Å². The summed E-state index contributed by atoms with van der Waals surface area (Å²) in [7, 11) is 0. The molecular formula is C16H15ClO4. The van der Waals surface area contributed by atoms with E-state index in [1.54, 1.807) is 6.07 Å². The number of hydrogen-bond acceptors (Lipinski definition) is 3. The van der Waals surface area contributed by atoms with Crippen LogP contribution in [0.25, 0.3) is 0 Å². The molecule has 21 heavy (non-hydrogen) atoms. The summed E-state index contributed by atoms with van der Waals surface area (Å²) in [5.41, 5.74) is -0.788. The smallest absolute Gasteiger partial charge is 0.340 e. The topological polar surface area (TPSA) is 66.8 Å². The summed E-state index contributed by atoms with van der Waals surface area (Å²) in [6, 6.07) is 14.0. The zero-order valence-electron chi connectivity index (χ0n) is 11.4. The molecule has 0 aliphatic carbocycles. The van der Waals surface area contributed by atoms with Crippen molar-refractivity contribution in [3.05, 3.63) is 64.7 Å². The molecule has 2 rings (SSSR count). The van der Waals surface area contributed by atoms with E-state index in [1.165, 1.54) is 19.1 Å². The molecule has 0 spiro atoms. The van der Waals surface area contributed by atoms with Gasteiger partial charge in [0.2, 0.25) is 0 Å². The molecule has 1 unspecified atom stereocenters. The first kappa shape index (κ1) is 15.4. The zero-order chi connectivity index (χ0) is 15.5. The summed E-state index contributed by atoms with van der Waals surface area (Å²) >= 11 is 6.08. The number of carboxylic acid groups (broad SMARTS) is 1. The van der Waals surface area contributed by atoms with Crippen LogP contribution in [0.2, 0.25) is 5.02 Å². The lowest BCUT2D eigenvalue weighted by molar-refractivity contribution is -0.157. The van der Waals surface area contributed by atoms with Crippen LogP contribution in [0.5, 0.6) is 5.75 Å². The molecule has 5 heteroatoms. The number of hydrogen-bond donors (Lipinski definition) is 2. The van der Waals surface area contributed by atoms with E-state index in [0.717, 1.165) is 5.56 Å². The van der Waals surface area contributed by atoms with Crippen LogP contribution in [0.4, 0.5) is 0 Å². The van der Waals surface area contributed by atoms with Crippen molar-refractivity contribution in [3.63, 3.8) is 0 Å². The summed E-state index contributed by atoms with van der Waals surface area (Å²) in [4.78, 5) is 11.0. The first-order valence-corrected chi connectivity index (χ1v) is 6.71. The fourth-order valence-corrected chi connectivity index (χ4v) is 2.01. The van der Waals surface area contributed by atoms with Gasteiger partial charge in [-0.05, 0) is 30.2 Å². The molecule has 0 heterocycles. The molecule has 0 saturated heterocycles. The van der Waals surface area contributed by atoms with Gasteiger partial charge in [-0.3, -0.25) is 0 Å². The lowest BCUT2D eigenvalue weighted by Gasteiger charge is -2.19. The average molecular weight is 307 g/mol. The predicted molar refractivity (Wildman–Crippen MR) is 79.4 cm³/mol. The second-order valence-corrected chi connectivity index (χ2v) is 5.20. The minimum Gasteiger partial charge on any atom is -0.487 e. The Balaban J connectivity index is 2.15. The molecule has 0 fully saturated rings. The van der Waals surface area contributed by atoms with Crippen LogP contribution in [-0.4, -0.2) is 16.2 Å². The second-order valence-electron chi connectivity index (χ2n) is 4.80. The van der Waals surface area contributed by atoms with Gasteiger partial charge in [-0.2, -0.15) is 0 Å². The van der Waals surface area contributed by atoms with E-state index in [0.29, 0.717) is 12.4 Å². The van der Waals surface area contributed by atoms with E-state index in [2.05, 4.69) is 0 Å². The van der Waals surface area contributed by atoms with Crippen molar-refractivity contribution in [2.45, 2.75) is 19.1 Å². The first-order valence-electron chi connectivity index (χ1n) is 6.34. The van der Waals surface area contributed by atoms with E-state index in [-0.39, 0.29) is 10.6 Å². The van der Waals surface area contributed by atoms with Crippen LogP contribution in [0.15, 0.2) is 48.5 Å². The van der Waals surface area contributed by atoms with Gasteiger partial charge < -0.3 is 14.9 Å². The Morgan fingerprint density at radius 3 is 2.48 bits per heavy atom. The molecule has 2 aromatic carbocycles. The van der Waals surface area contributed by atoms with Crippen molar-refractivity contribution in [2.24, 2.45) is 0 Å². The van der Waals surface area contributed by atoms with Gasteiger partial charge in [-0.25, -0.2) is 4.79 Å². The Labute approximate surface area is 127 Å². The van der Waals surface area contributed by atoms with Crippen LogP contribution in [0, 0.1) is 0 Å². The van der Waals surface area contributed by atoms with Gasteiger partial charge in [-0.1, -0.05) is 48.0 Å². The Hall–Kier alpha value is -2.04. The van der Waals surface area contributed by atoms with Crippen LogP contribution in [-0.2, 0) is 17.0 Å². The first-order chi connectivity index (χ1) is 9.91. The molecular weight excluding hydrogens is 292 g/mol. The molecule has 0 aliphatic rings. The van der Waals surface area contributed by atoms with Gasteiger partial charge in [0, 0.05) is 0 Å². The van der Waals surface area contributed by atoms with Gasteiger partial charge in [0.05, 0.1) is 5.02 Å². The van der Waals surface area contributed by atoms with Crippen molar-refractivity contribution in [2.75, 3.05) is 0 Å². The zero-order valence-corrected chi connectivity index (χ0v) is 12.2. The fraction of sp³-hybridized carbons (Fsp3) is 0.188. The minimum atomic E-state index is -1.98. The molecule has 2 aromatic rings. The van der Waals surface area contributed by atoms with E-state index in [9.17, 15) is 9.90 Å². The Kier molecular flexibility index (Phi) is 4.50. The number of aliphatic hydroxyl groups is 1. The molecule has 0 aromatic heterocycles. The third kappa shape index (κ3) is 3.54. The molecule has 4 nitrogen and oxygen atoms in total. The summed E-state index contributed by atoms with van der Waals surface area (Å²) in [6.07, 6.45) is 0. The third-order valence-electron chi connectivity index (χ3n) is 3.15. The van der Waals surface area contributed by atoms with Crippen LogP contribution >= 0.6 is 11.6 Å². The van der Waals surface area contributed by atoms with Crippen molar-refractivity contribution < 1.29 is 19.7 Å². The van der Waals surface area contributed by atoms with Crippen molar-refractivity contribution in [1.29, 1.82) is 0 Å². The van der Waals surface area contributed by atoms with Gasteiger partial charge in [0.15, 0.2) is 5.60 Å². The summed E-state index contributed by atoms with van der Waals surface area (Å²) in [5.74, 6) is -0.901. The van der Waals surface area contributed by atoms with Crippen molar-refractivity contribution in [3.8, 4) is 5.75 Å². The minimum absolute atomic E-state index is 0.201. The molecule has 0 bridgehead atoms. The highest BCUT2D eigenvalue weighted by Crippen LogP contribution is 2.31. The maximum Gasteiger partial charge on any atom is 0.340 e. The van der Waals surface area contributed by atoms with Crippen LogP contribution in [0.3, 0.4) is 0 Å². The Morgan fingerprint density at radius 2 is 1.90 bits per heavy atom. The lowest BCUT2D eigenvalue weighted by Crippen LogP contribution is -2.31. The molecule has 0 radical (unpaired) electrons. The SMILES string of the molecule is CC(O)(C(=O)O)c1ccc(OCc2ccccc2)c(Cl)c1. The Bertz CT molecular complexity index is 638. The molecule has 1 atom stereocenters. The van der Waals surface area contributed by atoms with Gasteiger partial charge in [0.25, 0.3) is 0 Å². The lowest BCUT2D eigenvalue weighted by atomic mass is 9.96. The third-order valence-corrected chi connectivity index (χ3v) is 3.44. The van der Waals surface area contributed by atoms with Crippen LogP contribution in [0.1, 0.15) is 18.1 Å². The number of ether oxygens (including phenoxy) is 1. The van der Waals surface area contributed by atoms with Crippen molar-refractivity contribution >= 4 is 17.6 Å². The summed E-state index contributed by atoms with van der Waals surface area (Å²) < 4.78 is 5.59. The van der Waals surface area contributed by atoms with Gasteiger partial charge >= 0.3 is 5.97 Å². The van der Waals surface area contributed by atoms with Gasteiger partial charge in [-0.15, -0.1) is 0 Å². The highest BCUT2D eigenvalue weighted by atomic mass is 35.5. The fourth-order valence-electron chi connectivity index (χ4n) is 1.78. The van der Waals surface area contributed by atoms with E-state index in [1.807, 2.05) is 30.3 Å². The Morgan fingerprint density at radius 1 is 1.24 bits per heavy atom. The average Bonchev–Trinajstić information content (AvgIpc) is 2.46. The second kappa shape index (κ2) is 6.16. The van der Waals surface area contributed by atoms with E-state index >= 15 is 0 Å². The van der Waals surface area contributed by atoms with Crippen molar-refractivity contribution in [1.82, 2.24) is 0 Å². The van der Waals surface area contributed by atoms with E-state index < -0.39 is 11.6 Å². The molecule has 2 N–H and O–H groups in total. The maximum absolute atomic E-state index is 11.0. The monoisotopic (exact) mass is 306 g/mol. The van der Waals surface area contributed by atoms with Crippen LogP contribution < -0.4 is 4.74 Å². The highest BCUT2D eigenvalue weighted by Gasteiger charge is 2.32. The number of carboxylic acids is 1.